The number of nitrogens with zero attached hydrogens (tertiary/aromatic N) is 1. The number of nitrogens with one attached hydrogen (secondary N) is 1. The van der Waals surface area contributed by atoms with Gasteiger partial charge in [-0.1, -0.05) is 33.6 Å². The zero-order chi connectivity index (χ0) is 15.2. The van der Waals surface area contributed by atoms with Crippen LogP contribution in [0.15, 0.2) is 0 Å². The second kappa shape index (κ2) is 8.23. The lowest BCUT2D eigenvalue weighted by Gasteiger charge is -2.43. The van der Waals surface area contributed by atoms with E-state index >= 15 is 0 Å². The fourth-order valence-corrected chi connectivity index (χ4v) is 3.01. The third-order valence-corrected chi connectivity index (χ3v) is 4.38. The van der Waals surface area contributed by atoms with Crippen LogP contribution in [0.4, 0.5) is 13.2 Å². The minimum absolute atomic E-state index is 0.218. The molecule has 1 fully saturated rings. The van der Waals surface area contributed by atoms with Crippen LogP contribution >= 0.6 is 0 Å². The Morgan fingerprint density at radius 1 is 1.30 bits per heavy atom. The van der Waals surface area contributed by atoms with Gasteiger partial charge in [0.15, 0.2) is 0 Å². The first kappa shape index (κ1) is 17.8. The Morgan fingerprint density at radius 2 is 2.00 bits per heavy atom. The monoisotopic (exact) mass is 294 g/mol. The summed E-state index contributed by atoms with van der Waals surface area (Å²) in [5.74, 6) is 0.524. The molecule has 0 bridgehead atoms. The molecule has 20 heavy (non-hydrogen) atoms. The predicted molar refractivity (Wildman–Crippen MR) is 76.8 cm³/mol. The maximum absolute atomic E-state index is 12.3. The summed E-state index contributed by atoms with van der Waals surface area (Å²) in [5, 5.41) is 3.56. The summed E-state index contributed by atoms with van der Waals surface area (Å²) < 4.78 is 36.9. The number of rotatable bonds is 7. The Hall–Kier alpha value is -0.290. The lowest BCUT2D eigenvalue weighted by atomic mass is 9.93. The van der Waals surface area contributed by atoms with Crippen LogP contribution in [-0.4, -0.2) is 42.8 Å². The summed E-state index contributed by atoms with van der Waals surface area (Å²) in [4.78, 5) is 2.29. The molecule has 0 radical (unpaired) electrons. The van der Waals surface area contributed by atoms with Crippen LogP contribution in [-0.2, 0) is 0 Å². The van der Waals surface area contributed by atoms with Gasteiger partial charge in [0, 0.05) is 31.6 Å². The molecule has 3 atom stereocenters. The van der Waals surface area contributed by atoms with Crippen LogP contribution in [0.2, 0.25) is 0 Å². The quantitative estimate of drug-likeness (QED) is 0.768. The van der Waals surface area contributed by atoms with Gasteiger partial charge in [0.1, 0.15) is 0 Å². The van der Waals surface area contributed by atoms with Crippen molar-refractivity contribution in [3.05, 3.63) is 0 Å². The zero-order valence-electron chi connectivity index (χ0n) is 13.0. The lowest BCUT2D eigenvalue weighted by molar-refractivity contribution is -0.136. The molecule has 0 aromatic rings. The van der Waals surface area contributed by atoms with E-state index in [2.05, 4.69) is 31.0 Å². The summed E-state index contributed by atoms with van der Waals surface area (Å²) in [6, 6.07) is 0.813. The molecule has 0 aromatic heterocycles. The summed E-state index contributed by atoms with van der Waals surface area (Å²) in [5.41, 5.74) is 0. The van der Waals surface area contributed by atoms with Crippen molar-refractivity contribution in [2.75, 3.05) is 19.6 Å². The van der Waals surface area contributed by atoms with Gasteiger partial charge < -0.3 is 5.32 Å². The number of piperazine rings is 1. The first-order valence-corrected chi connectivity index (χ1v) is 7.91. The maximum Gasteiger partial charge on any atom is 0.389 e. The number of hydrogen-bond acceptors (Lipinski definition) is 2. The topological polar surface area (TPSA) is 15.3 Å². The van der Waals surface area contributed by atoms with E-state index in [1.54, 1.807) is 0 Å². The van der Waals surface area contributed by atoms with E-state index in [0.717, 1.165) is 32.4 Å². The highest BCUT2D eigenvalue weighted by molar-refractivity contribution is 4.88. The van der Waals surface area contributed by atoms with Crippen molar-refractivity contribution in [3.63, 3.8) is 0 Å². The summed E-state index contributed by atoms with van der Waals surface area (Å²) >= 11 is 0. The van der Waals surface area contributed by atoms with E-state index < -0.39 is 12.6 Å². The van der Waals surface area contributed by atoms with E-state index in [0.29, 0.717) is 24.5 Å². The molecule has 120 valence electrons. The second-order valence-corrected chi connectivity index (χ2v) is 6.06. The predicted octanol–water partition coefficient (Wildman–Crippen LogP) is 3.82. The Kier molecular flexibility index (Phi) is 7.30. The van der Waals surface area contributed by atoms with Crippen LogP contribution in [0.5, 0.6) is 0 Å². The van der Waals surface area contributed by atoms with Gasteiger partial charge in [-0.25, -0.2) is 0 Å². The second-order valence-electron chi connectivity index (χ2n) is 6.06. The maximum atomic E-state index is 12.3. The Labute approximate surface area is 121 Å². The minimum Gasteiger partial charge on any atom is -0.311 e. The van der Waals surface area contributed by atoms with Gasteiger partial charge in [0.05, 0.1) is 0 Å². The molecular weight excluding hydrogens is 265 g/mol. The average molecular weight is 294 g/mol. The van der Waals surface area contributed by atoms with Crippen LogP contribution in [0, 0.1) is 5.92 Å². The standard InChI is InChI=1S/C15H29F3N2/c1-4-7-13-11-20(9-6-8-15(16,17)18)14(10-19-13)12(3)5-2/h12-14,19H,4-11H2,1-3H3. The lowest BCUT2D eigenvalue weighted by Crippen LogP contribution is -2.58. The van der Waals surface area contributed by atoms with Crippen molar-refractivity contribution in [2.24, 2.45) is 5.92 Å². The first-order valence-electron chi connectivity index (χ1n) is 7.91. The molecule has 3 unspecified atom stereocenters. The molecule has 1 rings (SSSR count). The van der Waals surface area contributed by atoms with Crippen molar-refractivity contribution < 1.29 is 13.2 Å². The van der Waals surface area contributed by atoms with Crippen molar-refractivity contribution in [3.8, 4) is 0 Å². The molecule has 0 saturated carbocycles. The number of hydrogen-bond donors (Lipinski definition) is 1. The number of alkyl halides is 3. The number of halogens is 3. The van der Waals surface area contributed by atoms with E-state index in [9.17, 15) is 13.2 Å². The average Bonchev–Trinajstić information content (AvgIpc) is 2.37. The van der Waals surface area contributed by atoms with E-state index in [1.165, 1.54) is 0 Å². The van der Waals surface area contributed by atoms with Gasteiger partial charge in [0.2, 0.25) is 0 Å². The molecule has 0 spiro atoms. The summed E-state index contributed by atoms with van der Waals surface area (Å²) in [6.07, 6.45) is -1.19. The van der Waals surface area contributed by atoms with Gasteiger partial charge >= 0.3 is 6.18 Å². The molecule has 1 aliphatic heterocycles. The van der Waals surface area contributed by atoms with E-state index in [-0.39, 0.29) is 6.42 Å². The molecule has 1 N–H and O–H groups in total. The van der Waals surface area contributed by atoms with Gasteiger partial charge in [-0.15, -0.1) is 0 Å². The summed E-state index contributed by atoms with van der Waals surface area (Å²) in [7, 11) is 0. The van der Waals surface area contributed by atoms with E-state index in [4.69, 9.17) is 0 Å². The van der Waals surface area contributed by atoms with Gasteiger partial charge in [0.25, 0.3) is 0 Å². The van der Waals surface area contributed by atoms with Crippen LogP contribution in [0.1, 0.15) is 52.9 Å². The van der Waals surface area contributed by atoms with Gasteiger partial charge in [-0.3, -0.25) is 4.90 Å². The molecule has 0 aliphatic carbocycles. The smallest absolute Gasteiger partial charge is 0.311 e. The molecule has 1 saturated heterocycles. The zero-order valence-corrected chi connectivity index (χ0v) is 13.0. The molecule has 5 heteroatoms. The largest absolute Gasteiger partial charge is 0.389 e. The van der Waals surface area contributed by atoms with Gasteiger partial charge in [-0.2, -0.15) is 13.2 Å². The fourth-order valence-electron chi connectivity index (χ4n) is 3.01. The molecule has 0 amide bonds. The van der Waals surface area contributed by atoms with Crippen molar-refractivity contribution in [1.29, 1.82) is 0 Å². The molecule has 1 heterocycles. The van der Waals surface area contributed by atoms with E-state index in [1.807, 2.05) is 0 Å². The third-order valence-electron chi connectivity index (χ3n) is 4.38. The highest BCUT2D eigenvalue weighted by atomic mass is 19.4. The third kappa shape index (κ3) is 6.00. The molecule has 2 nitrogen and oxygen atoms in total. The van der Waals surface area contributed by atoms with Crippen molar-refractivity contribution in [1.82, 2.24) is 10.2 Å². The van der Waals surface area contributed by atoms with Crippen molar-refractivity contribution in [2.45, 2.75) is 71.1 Å². The highest BCUT2D eigenvalue weighted by Gasteiger charge is 2.32. The fraction of sp³-hybridized carbons (Fsp3) is 1.00. The Bertz CT molecular complexity index is 268. The van der Waals surface area contributed by atoms with Gasteiger partial charge in [-0.05, 0) is 25.3 Å². The van der Waals surface area contributed by atoms with Crippen LogP contribution in [0.3, 0.4) is 0 Å². The normalized spacial score (nSPS) is 26.7. The summed E-state index contributed by atoms with van der Waals surface area (Å²) in [6.45, 7) is 8.86. The van der Waals surface area contributed by atoms with Crippen LogP contribution < -0.4 is 5.32 Å². The minimum atomic E-state index is -4.03. The molecule has 1 aliphatic rings. The highest BCUT2D eigenvalue weighted by Crippen LogP contribution is 2.24. The molecule has 0 aromatic carbocycles. The first-order chi connectivity index (χ1) is 9.37. The Balaban J connectivity index is 2.52. The molecular formula is C15H29F3N2. The SMILES string of the molecule is CCCC1CN(CCCC(F)(F)F)C(C(C)CC)CN1. The Morgan fingerprint density at radius 3 is 2.55 bits per heavy atom. The van der Waals surface area contributed by atoms with Crippen LogP contribution in [0.25, 0.3) is 0 Å². The van der Waals surface area contributed by atoms with Crippen molar-refractivity contribution >= 4 is 0 Å².